The predicted octanol–water partition coefficient (Wildman–Crippen LogP) is 3.32. The van der Waals surface area contributed by atoms with Gasteiger partial charge in [-0.3, -0.25) is 4.79 Å². The number of nitrogens with one attached hydrogen (secondary N) is 1. The second-order valence-corrected chi connectivity index (χ2v) is 6.64. The number of carbonyl (C=O) groups is 2. The number of aliphatic carboxylic acids is 1. The van der Waals surface area contributed by atoms with Crippen molar-refractivity contribution in [2.75, 3.05) is 13.2 Å². The van der Waals surface area contributed by atoms with Crippen molar-refractivity contribution in [3.05, 3.63) is 58.6 Å². The molecule has 1 atom stereocenters. The molecule has 6 nitrogen and oxygen atoms in total. The van der Waals surface area contributed by atoms with Gasteiger partial charge in [0.15, 0.2) is 0 Å². The lowest BCUT2D eigenvalue weighted by molar-refractivity contribution is -0.139. The van der Waals surface area contributed by atoms with Crippen molar-refractivity contribution in [3.63, 3.8) is 0 Å². The number of fused-ring (bicyclic) bond motifs is 10. The largest absolute Gasteiger partial charge is 0.494 e. The highest BCUT2D eigenvalue weighted by molar-refractivity contribution is 6.34. The minimum absolute atomic E-state index is 0.141. The van der Waals surface area contributed by atoms with Crippen LogP contribution in [0.2, 0.25) is 5.02 Å². The number of carboxylic acids is 1. The van der Waals surface area contributed by atoms with Gasteiger partial charge in [0, 0.05) is 6.42 Å². The highest BCUT2D eigenvalue weighted by Gasteiger charge is 2.24. The zero-order chi connectivity index (χ0) is 19.2. The molecule has 27 heavy (non-hydrogen) atoms. The van der Waals surface area contributed by atoms with Gasteiger partial charge >= 0.3 is 5.97 Å². The van der Waals surface area contributed by atoms with E-state index in [9.17, 15) is 14.7 Å². The van der Waals surface area contributed by atoms with Gasteiger partial charge in [-0.15, -0.1) is 0 Å². The molecule has 0 spiro atoms. The molecule has 0 saturated heterocycles. The lowest BCUT2D eigenvalue weighted by atomic mass is 10.0. The van der Waals surface area contributed by atoms with E-state index in [0.717, 1.165) is 24.2 Å². The minimum Gasteiger partial charge on any atom is -0.494 e. The molecule has 0 saturated carbocycles. The third kappa shape index (κ3) is 4.92. The smallest absolute Gasteiger partial charge is 0.326 e. The third-order valence-electron chi connectivity index (χ3n) is 4.23. The zero-order valence-electron chi connectivity index (χ0n) is 14.6. The summed E-state index contributed by atoms with van der Waals surface area (Å²) in [5, 5.41) is 12.3. The first kappa shape index (κ1) is 19.0. The number of hydrogen-bond acceptors (Lipinski definition) is 4. The van der Waals surface area contributed by atoms with Gasteiger partial charge in [0.05, 0.1) is 23.8 Å². The highest BCUT2D eigenvalue weighted by Crippen LogP contribution is 2.27. The molecule has 7 heteroatoms. The molecule has 2 aromatic rings. The van der Waals surface area contributed by atoms with E-state index in [1.54, 1.807) is 42.5 Å². The molecule has 0 aliphatic carbocycles. The fourth-order valence-electron chi connectivity index (χ4n) is 2.81. The fourth-order valence-corrected chi connectivity index (χ4v) is 3.06. The quantitative estimate of drug-likeness (QED) is 0.781. The summed E-state index contributed by atoms with van der Waals surface area (Å²) in [7, 11) is 0. The van der Waals surface area contributed by atoms with E-state index in [4.69, 9.17) is 21.1 Å². The van der Waals surface area contributed by atoms with Crippen LogP contribution in [0.1, 0.15) is 28.8 Å². The molecule has 0 radical (unpaired) electrons. The normalized spacial score (nSPS) is 18.0. The summed E-state index contributed by atoms with van der Waals surface area (Å²) < 4.78 is 11.4. The monoisotopic (exact) mass is 389 g/mol. The van der Waals surface area contributed by atoms with Crippen molar-refractivity contribution < 1.29 is 24.2 Å². The molecule has 4 rings (SSSR count). The molecule has 2 bridgehead atoms. The number of rotatable bonds is 1. The Balaban J connectivity index is 1.91. The number of halogens is 1. The van der Waals surface area contributed by atoms with Crippen LogP contribution in [0, 0.1) is 0 Å². The summed E-state index contributed by atoms with van der Waals surface area (Å²) in [6.07, 6.45) is 1.68. The van der Waals surface area contributed by atoms with Crippen LogP contribution in [0.25, 0.3) is 0 Å². The maximum absolute atomic E-state index is 12.7. The second kappa shape index (κ2) is 8.77. The van der Waals surface area contributed by atoms with Crippen molar-refractivity contribution in [1.82, 2.24) is 5.32 Å². The molecule has 2 N–H and O–H groups in total. The Bertz CT molecular complexity index is 822. The van der Waals surface area contributed by atoms with Gasteiger partial charge in [0.25, 0.3) is 5.91 Å². The number of carbonyl (C=O) groups excluding carboxylic acids is 1. The fraction of sp³-hybridized carbons (Fsp3) is 0.300. The Hall–Kier alpha value is -2.73. The molecule has 2 heterocycles. The minimum atomic E-state index is -1.13. The van der Waals surface area contributed by atoms with Crippen LogP contribution in [0.5, 0.6) is 11.5 Å². The van der Waals surface area contributed by atoms with Crippen LogP contribution in [0.4, 0.5) is 0 Å². The summed E-state index contributed by atoms with van der Waals surface area (Å²) in [5.41, 5.74) is 0.918. The van der Waals surface area contributed by atoms with Gasteiger partial charge < -0.3 is 19.9 Å². The van der Waals surface area contributed by atoms with E-state index in [1.165, 1.54) is 0 Å². The highest BCUT2D eigenvalue weighted by atomic mass is 35.5. The van der Waals surface area contributed by atoms with E-state index in [0.29, 0.717) is 19.0 Å². The number of ether oxygens (including phenoxy) is 2. The third-order valence-corrected chi connectivity index (χ3v) is 4.55. The van der Waals surface area contributed by atoms with E-state index < -0.39 is 17.9 Å². The van der Waals surface area contributed by atoms with E-state index in [2.05, 4.69) is 5.32 Å². The second-order valence-electron chi connectivity index (χ2n) is 6.23. The maximum Gasteiger partial charge on any atom is 0.326 e. The molecule has 2 aliphatic heterocycles. The Morgan fingerprint density at radius 3 is 2.48 bits per heavy atom. The molecule has 0 unspecified atom stereocenters. The van der Waals surface area contributed by atoms with Crippen LogP contribution >= 0.6 is 11.6 Å². The Labute approximate surface area is 162 Å². The van der Waals surface area contributed by atoms with Gasteiger partial charge in [0.2, 0.25) is 0 Å². The lowest BCUT2D eigenvalue weighted by Gasteiger charge is -2.18. The summed E-state index contributed by atoms with van der Waals surface area (Å²) in [5.74, 6) is -0.644. The standard InChI is InChI=1S/C20H20ClNO5/c21-15-4-3-5-17-18(15)19(23)22-16(20(24)25)12-13-6-8-14(9-7-13)26-10-1-2-11-27-17/h3-9,16H,1-2,10-12H2,(H,22,23)(H,24,25)/t16-/m0/s1. The molecule has 0 aromatic heterocycles. The number of benzene rings is 2. The zero-order valence-corrected chi connectivity index (χ0v) is 15.4. The number of carboxylic acid groups (broad SMARTS) is 1. The average Bonchev–Trinajstić information content (AvgIpc) is 2.64. The first-order chi connectivity index (χ1) is 13.0. The average molecular weight is 390 g/mol. The lowest BCUT2D eigenvalue weighted by Crippen LogP contribution is -2.42. The SMILES string of the molecule is O=C1N[C@H](C(=O)O)Cc2ccc(cc2)OCCCCOc2cccc(Cl)c21. The number of hydrogen-bond donors (Lipinski definition) is 2. The Kier molecular flexibility index (Phi) is 6.19. The summed E-state index contributed by atoms with van der Waals surface area (Å²) >= 11 is 6.19. The van der Waals surface area contributed by atoms with Gasteiger partial charge in [-0.1, -0.05) is 29.8 Å². The number of amides is 1. The van der Waals surface area contributed by atoms with Crippen LogP contribution in [0.15, 0.2) is 42.5 Å². The van der Waals surface area contributed by atoms with Gasteiger partial charge in [-0.2, -0.15) is 0 Å². The summed E-state index contributed by atoms with van der Waals surface area (Å²) in [4.78, 5) is 24.4. The van der Waals surface area contributed by atoms with Crippen molar-refractivity contribution in [2.45, 2.75) is 25.3 Å². The molecule has 2 aliphatic rings. The molecular weight excluding hydrogens is 370 g/mol. The Morgan fingerprint density at radius 1 is 1.07 bits per heavy atom. The van der Waals surface area contributed by atoms with E-state index in [1.807, 2.05) is 0 Å². The van der Waals surface area contributed by atoms with Crippen molar-refractivity contribution >= 4 is 23.5 Å². The van der Waals surface area contributed by atoms with Crippen LogP contribution in [-0.2, 0) is 11.2 Å². The summed E-state index contributed by atoms with van der Waals surface area (Å²) in [6.45, 7) is 0.939. The predicted molar refractivity (Wildman–Crippen MR) is 101 cm³/mol. The van der Waals surface area contributed by atoms with Crippen LogP contribution in [0.3, 0.4) is 0 Å². The topological polar surface area (TPSA) is 84.9 Å². The van der Waals surface area contributed by atoms with E-state index >= 15 is 0 Å². The first-order valence-electron chi connectivity index (χ1n) is 8.71. The molecule has 142 valence electrons. The van der Waals surface area contributed by atoms with Crippen molar-refractivity contribution in [3.8, 4) is 11.5 Å². The van der Waals surface area contributed by atoms with Crippen molar-refractivity contribution in [2.24, 2.45) is 0 Å². The summed E-state index contributed by atoms with van der Waals surface area (Å²) in [6, 6.07) is 11.0. The van der Waals surface area contributed by atoms with Crippen molar-refractivity contribution in [1.29, 1.82) is 0 Å². The Morgan fingerprint density at radius 2 is 1.78 bits per heavy atom. The van der Waals surface area contributed by atoms with Crippen LogP contribution in [-0.4, -0.2) is 36.2 Å². The van der Waals surface area contributed by atoms with Crippen LogP contribution < -0.4 is 14.8 Å². The van der Waals surface area contributed by atoms with E-state index in [-0.39, 0.29) is 17.0 Å². The molecular formula is C20H20ClNO5. The van der Waals surface area contributed by atoms with Gasteiger partial charge in [-0.25, -0.2) is 4.79 Å². The van der Waals surface area contributed by atoms with Gasteiger partial charge in [0.1, 0.15) is 17.5 Å². The molecule has 0 fully saturated rings. The van der Waals surface area contributed by atoms with Gasteiger partial charge in [-0.05, 0) is 42.7 Å². The first-order valence-corrected chi connectivity index (χ1v) is 9.09. The molecule has 2 aromatic carbocycles. The molecule has 1 amide bonds. The maximum atomic E-state index is 12.7.